The normalized spacial score (nSPS) is 22.4. The molecule has 0 saturated carbocycles. The second-order valence-corrected chi connectivity index (χ2v) is 4.13. The lowest BCUT2D eigenvalue weighted by Gasteiger charge is -2.18. The first-order chi connectivity index (χ1) is 8.45. The van der Waals surface area contributed by atoms with Gasteiger partial charge in [0.15, 0.2) is 6.34 Å². The minimum atomic E-state index is 0.124. The van der Waals surface area contributed by atoms with Crippen molar-refractivity contribution in [1.29, 1.82) is 0 Å². The predicted octanol–water partition coefficient (Wildman–Crippen LogP) is 2.98. The van der Waals surface area contributed by atoms with Crippen LogP contribution >= 0.6 is 0 Å². The molecule has 17 heavy (non-hydrogen) atoms. The second-order valence-electron chi connectivity index (χ2n) is 4.13. The fraction of sp³-hybridized carbons (Fsp3) is 0.133. The van der Waals surface area contributed by atoms with E-state index >= 15 is 0 Å². The molecule has 2 heteroatoms. The van der Waals surface area contributed by atoms with Crippen molar-refractivity contribution in [2.24, 2.45) is 4.99 Å². The number of rotatable bonds is 2. The molecule has 0 aromatic heterocycles. The highest BCUT2D eigenvalue weighted by Crippen LogP contribution is 2.34. The quantitative estimate of drug-likeness (QED) is 0.828. The van der Waals surface area contributed by atoms with Gasteiger partial charge in [-0.3, -0.25) is 4.99 Å². The highest BCUT2D eigenvalue weighted by Gasteiger charge is 2.26. The minimum absolute atomic E-state index is 0.124. The van der Waals surface area contributed by atoms with E-state index in [-0.39, 0.29) is 12.1 Å². The monoisotopic (exact) mass is 221 g/mol. The van der Waals surface area contributed by atoms with Crippen molar-refractivity contribution in [2.75, 3.05) is 0 Å². The summed E-state index contributed by atoms with van der Waals surface area (Å²) in [5.41, 5.74) is 2.47. The number of nitrogens with one attached hydrogen (secondary N) is 1. The van der Waals surface area contributed by atoms with Crippen LogP contribution in [0, 0.1) is 0 Å². The molecule has 1 radical (unpaired) electrons. The Hall–Kier alpha value is -2.09. The third kappa shape index (κ3) is 1.94. The molecule has 0 fully saturated rings. The Bertz CT molecular complexity index is 505. The van der Waals surface area contributed by atoms with Crippen LogP contribution in [0.3, 0.4) is 0 Å². The number of benzene rings is 2. The van der Waals surface area contributed by atoms with Gasteiger partial charge in [0, 0.05) is 0 Å². The van der Waals surface area contributed by atoms with Crippen molar-refractivity contribution >= 4 is 6.34 Å². The summed E-state index contributed by atoms with van der Waals surface area (Å²) in [6.07, 6.45) is 2.89. The van der Waals surface area contributed by atoms with Crippen molar-refractivity contribution in [2.45, 2.75) is 12.1 Å². The van der Waals surface area contributed by atoms with E-state index in [1.165, 1.54) is 11.1 Å². The highest BCUT2D eigenvalue weighted by atomic mass is 15.1. The number of hydrogen-bond acceptors (Lipinski definition) is 2. The van der Waals surface area contributed by atoms with Gasteiger partial charge in [-0.15, -0.1) is 0 Å². The molecule has 0 saturated heterocycles. The fourth-order valence-corrected chi connectivity index (χ4v) is 2.17. The first-order valence-corrected chi connectivity index (χ1v) is 5.75. The van der Waals surface area contributed by atoms with Crippen LogP contribution in [0.1, 0.15) is 23.2 Å². The topological polar surface area (TPSA) is 24.4 Å². The SMILES string of the molecule is [C]1=N[C@@H](c2ccccc2)C(c2ccccc2)N1. The van der Waals surface area contributed by atoms with Crippen molar-refractivity contribution in [3.05, 3.63) is 71.8 Å². The zero-order chi connectivity index (χ0) is 11.5. The molecule has 2 nitrogen and oxygen atoms in total. The van der Waals surface area contributed by atoms with Crippen LogP contribution in [0.5, 0.6) is 0 Å². The van der Waals surface area contributed by atoms with Crippen LogP contribution in [0.15, 0.2) is 65.7 Å². The lowest BCUT2D eigenvalue weighted by Crippen LogP contribution is -2.18. The molecule has 1 aliphatic rings. The van der Waals surface area contributed by atoms with Gasteiger partial charge in [-0.25, -0.2) is 0 Å². The number of aliphatic imine (C=N–C) groups is 1. The molecule has 0 spiro atoms. The molecule has 0 bridgehead atoms. The van der Waals surface area contributed by atoms with Crippen LogP contribution in [0.4, 0.5) is 0 Å². The van der Waals surface area contributed by atoms with Gasteiger partial charge in [-0.05, 0) is 11.1 Å². The van der Waals surface area contributed by atoms with Crippen LogP contribution in [0.25, 0.3) is 0 Å². The predicted molar refractivity (Wildman–Crippen MR) is 68.9 cm³/mol. The maximum absolute atomic E-state index is 4.40. The molecule has 1 aliphatic heterocycles. The highest BCUT2D eigenvalue weighted by molar-refractivity contribution is 5.60. The molecular weight excluding hydrogens is 208 g/mol. The largest absolute Gasteiger partial charge is 0.358 e. The van der Waals surface area contributed by atoms with E-state index in [1.54, 1.807) is 0 Å². The Kier molecular flexibility index (Phi) is 2.62. The van der Waals surface area contributed by atoms with Gasteiger partial charge >= 0.3 is 0 Å². The van der Waals surface area contributed by atoms with Gasteiger partial charge in [0.2, 0.25) is 0 Å². The second kappa shape index (κ2) is 4.42. The molecule has 2 aromatic rings. The zero-order valence-corrected chi connectivity index (χ0v) is 9.38. The van der Waals surface area contributed by atoms with Crippen LogP contribution in [-0.4, -0.2) is 6.34 Å². The summed E-state index contributed by atoms with van der Waals surface area (Å²) in [6.45, 7) is 0. The standard InChI is InChI=1S/C15H13N2/c1-3-7-12(8-4-1)14-15(17-11-16-14)13-9-5-2-6-10-13/h1-10,14-15H,(H,16,17)/t14-,15?/m0/s1. The smallest absolute Gasteiger partial charge is 0.165 e. The Morgan fingerprint density at radius 3 is 2.06 bits per heavy atom. The first kappa shape index (κ1) is 10.1. The summed E-state index contributed by atoms with van der Waals surface area (Å²) in [7, 11) is 0. The van der Waals surface area contributed by atoms with Crippen molar-refractivity contribution in [1.82, 2.24) is 5.32 Å². The molecule has 0 aliphatic carbocycles. The minimum Gasteiger partial charge on any atom is -0.358 e. The Morgan fingerprint density at radius 2 is 1.41 bits per heavy atom. The third-order valence-corrected chi connectivity index (χ3v) is 3.04. The van der Waals surface area contributed by atoms with Crippen LogP contribution in [0.2, 0.25) is 0 Å². The summed E-state index contributed by atoms with van der Waals surface area (Å²) in [5.74, 6) is 0. The zero-order valence-electron chi connectivity index (χ0n) is 9.38. The van der Waals surface area contributed by atoms with Gasteiger partial charge in [-0.2, -0.15) is 0 Å². The third-order valence-electron chi connectivity index (χ3n) is 3.04. The van der Waals surface area contributed by atoms with E-state index in [0.29, 0.717) is 0 Å². The van der Waals surface area contributed by atoms with E-state index in [2.05, 4.69) is 53.0 Å². The molecule has 0 amide bonds. The average Bonchev–Trinajstić information content (AvgIpc) is 2.90. The van der Waals surface area contributed by atoms with E-state index in [1.807, 2.05) is 24.3 Å². The van der Waals surface area contributed by atoms with Crippen molar-refractivity contribution in [3.8, 4) is 0 Å². The van der Waals surface area contributed by atoms with E-state index in [9.17, 15) is 0 Å². The van der Waals surface area contributed by atoms with Crippen LogP contribution in [-0.2, 0) is 0 Å². The maximum atomic E-state index is 4.40. The van der Waals surface area contributed by atoms with Gasteiger partial charge in [0.05, 0.1) is 6.04 Å². The van der Waals surface area contributed by atoms with Crippen LogP contribution < -0.4 is 5.32 Å². The van der Waals surface area contributed by atoms with Gasteiger partial charge in [0.25, 0.3) is 0 Å². The molecule has 1 unspecified atom stereocenters. The molecule has 2 aromatic carbocycles. The van der Waals surface area contributed by atoms with E-state index < -0.39 is 0 Å². The summed E-state index contributed by atoms with van der Waals surface area (Å²) >= 11 is 0. The van der Waals surface area contributed by atoms with E-state index in [4.69, 9.17) is 0 Å². The Labute approximate surface area is 101 Å². The molecule has 1 N–H and O–H groups in total. The van der Waals surface area contributed by atoms with E-state index in [0.717, 1.165) is 0 Å². The number of nitrogens with zero attached hydrogens (tertiary/aromatic N) is 1. The summed E-state index contributed by atoms with van der Waals surface area (Å²) in [6, 6.07) is 21.0. The summed E-state index contributed by atoms with van der Waals surface area (Å²) in [4.78, 5) is 4.40. The fourth-order valence-electron chi connectivity index (χ4n) is 2.17. The number of hydrogen-bond donors (Lipinski definition) is 1. The molecule has 83 valence electrons. The van der Waals surface area contributed by atoms with Gasteiger partial charge in [0.1, 0.15) is 6.04 Å². The lowest BCUT2D eigenvalue weighted by atomic mass is 9.95. The van der Waals surface area contributed by atoms with Crippen molar-refractivity contribution < 1.29 is 0 Å². The summed E-state index contributed by atoms with van der Waals surface area (Å²) in [5, 5.41) is 3.20. The maximum Gasteiger partial charge on any atom is 0.165 e. The lowest BCUT2D eigenvalue weighted by molar-refractivity contribution is 0.573. The average molecular weight is 221 g/mol. The molecule has 2 atom stereocenters. The summed E-state index contributed by atoms with van der Waals surface area (Å²) < 4.78 is 0. The first-order valence-electron chi connectivity index (χ1n) is 5.75. The Balaban J connectivity index is 1.93. The van der Waals surface area contributed by atoms with Crippen molar-refractivity contribution in [3.63, 3.8) is 0 Å². The Morgan fingerprint density at radius 1 is 0.824 bits per heavy atom. The molecular formula is C15H13N2. The van der Waals surface area contributed by atoms with Gasteiger partial charge in [-0.1, -0.05) is 60.7 Å². The molecule has 1 heterocycles. The van der Waals surface area contributed by atoms with Gasteiger partial charge < -0.3 is 5.32 Å². The molecule has 3 rings (SSSR count).